The molecule has 2 rings (SSSR count). The van der Waals surface area contributed by atoms with E-state index in [9.17, 15) is 13.2 Å². The number of pyridine rings is 1. The van der Waals surface area contributed by atoms with Crippen molar-refractivity contribution in [3.63, 3.8) is 0 Å². The molecule has 1 aromatic carbocycles. The maximum absolute atomic E-state index is 12.3. The quantitative estimate of drug-likeness (QED) is 0.900. The van der Waals surface area contributed by atoms with E-state index in [1.807, 2.05) is 0 Å². The number of halogens is 1. The van der Waals surface area contributed by atoms with Gasteiger partial charge < -0.3 is 5.11 Å². The van der Waals surface area contributed by atoms with Gasteiger partial charge in [-0.3, -0.25) is 4.72 Å². The highest BCUT2D eigenvalue weighted by Crippen LogP contribution is 2.22. The number of carboxylic acids is 1. The Morgan fingerprint density at radius 3 is 2.67 bits per heavy atom. The molecule has 0 radical (unpaired) electrons. The zero-order chi connectivity index (χ0) is 15.6. The summed E-state index contributed by atoms with van der Waals surface area (Å²) in [6.45, 7) is 1.63. The van der Waals surface area contributed by atoms with Crippen molar-refractivity contribution >= 4 is 33.4 Å². The van der Waals surface area contributed by atoms with Crippen molar-refractivity contribution in [2.24, 2.45) is 0 Å². The molecule has 0 bridgehead atoms. The van der Waals surface area contributed by atoms with Gasteiger partial charge in [0.15, 0.2) is 0 Å². The molecule has 0 aliphatic carbocycles. The molecule has 2 aromatic rings. The van der Waals surface area contributed by atoms with E-state index in [4.69, 9.17) is 16.7 Å². The number of nitrogens with one attached hydrogen (secondary N) is 1. The second kappa shape index (κ2) is 5.71. The van der Waals surface area contributed by atoms with Crippen molar-refractivity contribution in [2.45, 2.75) is 11.8 Å². The van der Waals surface area contributed by atoms with Gasteiger partial charge in [-0.1, -0.05) is 17.7 Å². The molecule has 1 heterocycles. The van der Waals surface area contributed by atoms with E-state index in [-0.39, 0.29) is 21.3 Å². The maximum atomic E-state index is 12.3. The zero-order valence-electron chi connectivity index (χ0n) is 10.9. The van der Waals surface area contributed by atoms with Gasteiger partial charge in [-0.2, -0.15) is 0 Å². The van der Waals surface area contributed by atoms with Crippen LogP contribution in [0.25, 0.3) is 0 Å². The molecule has 0 amide bonds. The van der Waals surface area contributed by atoms with E-state index < -0.39 is 16.0 Å². The Hall–Kier alpha value is -2.12. The number of rotatable bonds is 4. The first-order chi connectivity index (χ1) is 9.79. The van der Waals surface area contributed by atoms with Gasteiger partial charge in [0.1, 0.15) is 5.82 Å². The predicted octanol–water partition coefficient (Wildman–Crippen LogP) is 2.54. The largest absolute Gasteiger partial charge is 0.478 e. The van der Waals surface area contributed by atoms with Crippen LogP contribution in [0.5, 0.6) is 0 Å². The summed E-state index contributed by atoms with van der Waals surface area (Å²) < 4.78 is 26.8. The van der Waals surface area contributed by atoms with E-state index in [1.165, 1.54) is 18.3 Å². The summed E-state index contributed by atoms with van der Waals surface area (Å²) in [6, 6.07) is 6.89. The van der Waals surface area contributed by atoms with Crippen molar-refractivity contribution in [3.05, 3.63) is 52.7 Å². The lowest BCUT2D eigenvalue weighted by molar-refractivity contribution is 0.0697. The summed E-state index contributed by atoms with van der Waals surface area (Å²) in [5, 5.41) is 9.17. The van der Waals surface area contributed by atoms with E-state index in [0.717, 1.165) is 6.07 Å². The molecule has 0 fully saturated rings. The van der Waals surface area contributed by atoms with E-state index in [1.54, 1.807) is 19.1 Å². The monoisotopic (exact) mass is 326 g/mol. The van der Waals surface area contributed by atoms with Crippen LogP contribution in [0.2, 0.25) is 5.02 Å². The summed E-state index contributed by atoms with van der Waals surface area (Å²) in [5.74, 6) is -1.24. The number of hydrogen-bond donors (Lipinski definition) is 2. The average Bonchev–Trinajstić information content (AvgIpc) is 2.41. The van der Waals surface area contributed by atoms with Crippen molar-refractivity contribution in [1.29, 1.82) is 0 Å². The van der Waals surface area contributed by atoms with Crippen molar-refractivity contribution < 1.29 is 18.3 Å². The fourth-order valence-corrected chi connectivity index (χ4v) is 3.18. The molecule has 0 aliphatic rings. The summed E-state index contributed by atoms with van der Waals surface area (Å²) in [7, 11) is -3.90. The minimum absolute atomic E-state index is 0.0116. The van der Waals surface area contributed by atoms with Crippen LogP contribution >= 0.6 is 11.6 Å². The van der Waals surface area contributed by atoms with Crippen molar-refractivity contribution in [1.82, 2.24) is 4.98 Å². The van der Waals surface area contributed by atoms with Gasteiger partial charge in [0, 0.05) is 11.2 Å². The molecule has 0 atom stereocenters. The Morgan fingerprint density at radius 2 is 2.00 bits per heavy atom. The Kier molecular flexibility index (Phi) is 4.15. The number of hydrogen-bond acceptors (Lipinski definition) is 4. The lowest BCUT2D eigenvalue weighted by Crippen LogP contribution is -2.15. The van der Waals surface area contributed by atoms with Gasteiger partial charge in [0.2, 0.25) is 0 Å². The lowest BCUT2D eigenvalue weighted by atomic mass is 10.2. The van der Waals surface area contributed by atoms with Crippen LogP contribution < -0.4 is 4.72 Å². The van der Waals surface area contributed by atoms with Crippen LogP contribution in [-0.2, 0) is 10.0 Å². The average molecular weight is 327 g/mol. The van der Waals surface area contributed by atoms with Crippen LogP contribution in [-0.4, -0.2) is 24.5 Å². The van der Waals surface area contributed by atoms with Gasteiger partial charge in [-0.05, 0) is 36.8 Å². The number of anilines is 1. The first-order valence-corrected chi connectivity index (χ1v) is 7.64. The molecule has 0 saturated heterocycles. The second-order valence-corrected chi connectivity index (χ2v) is 6.34. The second-order valence-electron chi connectivity index (χ2n) is 4.25. The van der Waals surface area contributed by atoms with Gasteiger partial charge in [-0.25, -0.2) is 18.2 Å². The molecule has 0 unspecified atom stereocenters. The van der Waals surface area contributed by atoms with Gasteiger partial charge in [-0.15, -0.1) is 0 Å². The SMILES string of the molecule is Cc1ccc(Cl)cc1S(=O)(=O)Nc1cc(C(=O)O)ccn1. The minimum Gasteiger partial charge on any atom is -0.478 e. The number of carbonyl (C=O) groups is 1. The molecule has 0 spiro atoms. The van der Waals surface area contributed by atoms with Gasteiger partial charge in [0.25, 0.3) is 10.0 Å². The number of aromatic carboxylic acids is 1. The van der Waals surface area contributed by atoms with Crippen LogP contribution in [0.3, 0.4) is 0 Å². The fraction of sp³-hybridized carbons (Fsp3) is 0.0769. The molecule has 6 nitrogen and oxygen atoms in total. The standard InChI is InChI=1S/C13H11ClN2O4S/c1-8-2-3-10(14)7-11(8)21(19,20)16-12-6-9(13(17)18)4-5-15-12/h2-7H,1H3,(H,15,16)(H,17,18). The Morgan fingerprint density at radius 1 is 1.29 bits per heavy atom. The van der Waals surface area contributed by atoms with Crippen LogP contribution in [0, 0.1) is 6.92 Å². The normalized spacial score (nSPS) is 11.1. The lowest BCUT2D eigenvalue weighted by Gasteiger charge is -2.10. The van der Waals surface area contributed by atoms with Crippen LogP contribution in [0.1, 0.15) is 15.9 Å². The number of aromatic nitrogens is 1. The summed E-state index contributed by atoms with van der Waals surface area (Å²) >= 11 is 5.81. The molecular weight excluding hydrogens is 316 g/mol. The Labute approximate surface area is 126 Å². The number of sulfonamides is 1. The van der Waals surface area contributed by atoms with E-state index >= 15 is 0 Å². The number of benzene rings is 1. The molecular formula is C13H11ClN2O4S. The summed E-state index contributed by atoms with van der Waals surface area (Å²) in [6.07, 6.45) is 1.21. The van der Waals surface area contributed by atoms with Crippen LogP contribution in [0.15, 0.2) is 41.4 Å². The molecule has 0 aliphatic heterocycles. The molecule has 8 heteroatoms. The third-order valence-corrected chi connectivity index (χ3v) is 4.42. The van der Waals surface area contributed by atoms with E-state index in [2.05, 4.69) is 9.71 Å². The molecule has 0 saturated carbocycles. The zero-order valence-corrected chi connectivity index (χ0v) is 12.4. The summed E-state index contributed by atoms with van der Waals surface area (Å²) in [5.41, 5.74) is 0.451. The molecule has 21 heavy (non-hydrogen) atoms. The third-order valence-electron chi connectivity index (χ3n) is 2.69. The molecule has 1 aromatic heterocycles. The number of aryl methyl sites for hydroxylation is 1. The number of nitrogens with zero attached hydrogens (tertiary/aromatic N) is 1. The number of carboxylic acid groups (broad SMARTS) is 1. The van der Waals surface area contributed by atoms with Gasteiger partial charge in [0.05, 0.1) is 10.5 Å². The van der Waals surface area contributed by atoms with Gasteiger partial charge >= 0.3 is 5.97 Å². The minimum atomic E-state index is -3.90. The highest BCUT2D eigenvalue weighted by molar-refractivity contribution is 7.92. The highest BCUT2D eigenvalue weighted by Gasteiger charge is 2.18. The topological polar surface area (TPSA) is 96.4 Å². The third kappa shape index (κ3) is 3.50. The van der Waals surface area contributed by atoms with E-state index in [0.29, 0.717) is 5.56 Å². The molecule has 2 N–H and O–H groups in total. The van der Waals surface area contributed by atoms with Crippen molar-refractivity contribution in [2.75, 3.05) is 4.72 Å². The first-order valence-electron chi connectivity index (χ1n) is 5.78. The predicted molar refractivity (Wildman–Crippen MR) is 78.2 cm³/mol. The maximum Gasteiger partial charge on any atom is 0.335 e. The van der Waals surface area contributed by atoms with Crippen LogP contribution in [0.4, 0.5) is 5.82 Å². The summed E-state index contributed by atoms with van der Waals surface area (Å²) in [4.78, 5) is 14.7. The highest BCUT2D eigenvalue weighted by atomic mass is 35.5. The Balaban J connectivity index is 2.40. The first kappa shape index (κ1) is 15.3. The fourth-order valence-electron chi connectivity index (χ4n) is 1.68. The molecule has 110 valence electrons. The van der Waals surface area contributed by atoms with Crippen molar-refractivity contribution in [3.8, 4) is 0 Å². The Bertz CT molecular complexity index is 806. The smallest absolute Gasteiger partial charge is 0.335 e.